The number of aromatic nitrogens is 1. The maximum atomic E-state index is 13.8. The monoisotopic (exact) mass is 317 g/mol. The Morgan fingerprint density at radius 1 is 1.65 bits per heavy atom. The highest BCUT2D eigenvalue weighted by Crippen LogP contribution is 2.51. The number of carbonyl (C=O) groups excluding carboxylic acids is 1. The molecule has 0 aromatic carbocycles. The summed E-state index contributed by atoms with van der Waals surface area (Å²) in [7, 11) is 1.24. The largest absolute Gasteiger partial charge is 0.465 e. The van der Waals surface area contributed by atoms with Crippen molar-refractivity contribution in [2.24, 2.45) is 0 Å². The number of hydrogen-bond acceptors (Lipinski definition) is 4. The first-order valence-corrected chi connectivity index (χ1v) is 6.63. The molecular weight excluding hydrogens is 309 g/mol. The summed E-state index contributed by atoms with van der Waals surface area (Å²) in [4.78, 5) is 14.9. The zero-order valence-electron chi connectivity index (χ0n) is 8.89. The minimum Gasteiger partial charge on any atom is -0.465 e. The summed E-state index contributed by atoms with van der Waals surface area (Å²) in [6, 6.07) is 3.63. The molecule has 0 amide bonds. The van der Waals surface area contributed by atoms with E-state index in [1.54, 1.807) is 18.5 Å². The van der Waals surface area contributed by atoms with Crippen LogP contribution >= 0.6 is 27.7 Å². The van der Waals surface area contributed by atoms with Gasteiger partial charge in [-0.2, -0.15) is 0 Å². The topological polar surface area (TPSA) is 39.2 Å². The molecule has 2 atom stereocenters. The number of carbonyl (C=O) groups is 1. The fourth-order valence-corrected chi connectivity index (χ4v) is 3.72. The van der Waals surface area contributed by atoms with Gasteiger partial charge in [0.25, 0.3) is 0 Å². The molecule has 0 N–H and O–H groups in total. The highest BCUT2D eigenvalue weighted by Gasteiger charge is 2.39. The van der Waals surface area contributed by atoms with Gasteiger partial charge in [-0.05, 0) is 11.6 Å². The lowest BCUT2D eigenvalue weighted by molar-refractivity contribution is -0.135. The summed E-state index contributed by atoms with van der Waals surface area (Å²) in [6.07, 6.45) is 3.32. The van der Waals surface area contributed by atoms with Crippen LogP contribution in [0.1, 0.15) is 10.8 Å². The Hall–Kier alpha value is -0.880. The summed E-state index contributed by atoms with van der Waals surface area (Å²) < 4.78 is 18.4. The number of thioether (sulfide) groups is 1. The van der Waals surface area contributed by atoms with Crippen LogP contribution in [0.15, 0.2) is 35.3 Å². The van der Waals surface area contributed by atoms with Gasteiger partial charge in [-0.15, -0.1) is 11.8 Å². The van der Waals surface area contributed by atoms with Gasteiger partial charge in [0, 0.05) is 12.4 Å². The molecule has 1 aliphatic rings. The molecule has 2 heterocycles. The summed E-state index contributed by atoms with van der Waals surface area (Å²) in [5.74, 6) is -1.11. The zero-order chi connectivity index (χ0) is 12.4. The van der Waals surface area contributed by atoms with E-state index in [2.05, 4.69) is 25.7 Å². The van der Waals surface area contributed by atoms with Crippen molar-refractivity contribution in [1.82, 2.24) is 4.98 Å². The lowest BCUT2D eigenvalue weighted by Crippen LogP contribution is -2.05. The van der Waals surface area contributed by atoms with E-state index in [-0.39, 0.29) is 10.2 Å². The van der Waals surface area contributed by atoms with Gasteiger partial charge in [0.15, 0.2) is 0 Å². The Balaban J connectivity index is 2.26. The molecule has 0 saturated heterocycles. The Labute approximate surface area is 111 Å². The van der Waals surface area contributed by atoms with Crippen molar-refractivity contribution in [3.05, 3.63) is 40.8 Å². The first kappa shape index (κ1) is 12.6. The molecule has 6 heteroatoms. The van der Waals surface area contributed by atoms with Crippen LogP contribution in [0.25, 0.3) is 0 Å². The van der Waals surface area contributed by atoms with Gasteiger partial charge >= 0.3 is 5.97 Å². The van der Waals surface area contributed by atoms with Gasteiger partial charge in [-0.25, -0.2) is 9.18 Å². The predicted molar refractivity (Wildman–Crippen MR) is 67.4 cm³/mol. The van der Waals surface area contributed by atoms with Crippen LogP contribution in [-0.4, -0.2) is 22.9 Å². The summed E-state index contributed by atoms with van der Waals surface area (Å²) in [5.41, 5.74) is 0.869. The number of nitrogens with zero attached hydrogens (tertiary/aromatic N) is 1. The third-order valence-electron chi connectivity index (χ3n) is 2.35. The standard InChI is InChI=1S/C11H9BrFNO2S/c1-16-11(15)10-8(13)7(12)9(17-10)6-3-2-4-14-5-6/h2-5,7,9H,1H3. The lowest BCUT2D eigenvalue weighted by Gasteiger charge is -2.12. The van der Waals surface area contributed by atoms with Gasteiger partial charge in [0.1, 0.15) is 10.7 Å². The quantitative estimate of drug-likeness (QED) is 0.621. The van der Waals surface area contributed by atoms with Gasteiger partial charge in [0.05, 0.1) is 17.2 Å². The molecule has 17 heavy (non-hydrogen) atoms. The van der Waals surface area contributed by atoms with Crippen LogP contribution < -0.4 is 0 Å². The highest BCUT2D eigenvalue weighted by molar-refractivity contribution is 9.09. The van der Waals surface area contributed by atoms with E-state index in [0.29, 0.717) is 0 Å². The average molecular weight is 318 g/mol. The van der Waals surface area contributed by atoms with Crippen molar-refractivity contribution >= 4 is 33.7 Å². The second kappa shape index (κ2) is 5.18. The third-order valence-corrected chi connectivity index (χ3v) is 5.03. The minimum absolute atomic E-state index is 0.0308. The molecule has 1 aliphatic heterocycles. The molecule has 3 nitrogen and oxygen atoms in total. The molecule has 0 spiro atoms. The van der Waals surface area contributed by atoms with Gasteiger partial charge in [0.2, 0.25) is 0 Å². The van der Waals surface area contributed by atoms with Crippen LogP contribution in [0.4, 0.5) is 4.39 Å². The number of alkyl halides is 1. The van der Waals surface area contributed by atoms with Crippen LogP contribution in [0.3, 0.4) is 0 Å². The van der Waals surface area contributed by atoms with E-state index in [9.17, 15) is 9.18 Å². The normalized spacial score (nSPS) is 23.9. The Kier molecular flexibility index (Phi) is 3.83. The first-order chi connectivity index (χ1) is 8.15. The lowest BCUT2D eigenvalue weighted by atomic mass is 10.1. The highest BCUT2D eigenvalue weighted by atomic mass is 79.9. The van der Waals surface area contributed by atoms with Crippen molar-refractivity contribution < 1.29 is 13.9 Å². The maximum absolute atomic E-state index is 13.8. The molecule has 0 fully saturated rings. The SMILES string of the molecule is COC(=O)C1=C(F)C(Br)C(c2cccnc2)S1. The van der Waals surface area contributed by atoms with Crippen molar-refractivity contribution in [2.75, 3.05) is 7.11 Å². The Morgan fingerprint density at radius 3 is 3.00 bits per heavy atom. The molecule has 0 aliphatic carbocycles. The van der Waals surface area contributed by atoms with E-state index in [1.807, 2.05) is 6.07 Å². The van der Waals surface area contributed by atoms with E-state index in [4.69, 9.17) is 0 Å². The van der Waals surface area contributed by atoms with Gasteiger partial charge < -0.3 is 4.74 Å². The van der Waals surface area contributed by atoms with Crippen molar-refractivity contribution in [3.8, 4) is 0 Å². The first-order valence-electron chi connectivity index (χ1n) is 4.83. The molecule has 0 bridgehead atoms. The number of methoxy groups -OCH3 is 1. The van der Waals surface area contributed by atoms with Gasteiger partial charge in [-0.1, -0.05) is 22.0 Å². The Morgan fingerprint density at radius 2 is 2.41 bits per heavy atom. The number of allylic oxidation sites excluding steroid dienone is 1. The van der Waals surface area contributed by atoms with E-state index < -0.39 is 16.6 Å². The minimum atomic E-state index is -0.636. The second-order valence-electron chi connectivity index (χ2n) is 3.40. The number of halogens is 2. The molecule has 90 valence electrons. The average Bonchev–Trinajstić information content (AvgIpc) is 2.67. The summed E-state index contributed by atoms with van der Waals surface area (Å²) in [5, 5.41) is -0.196. The summed E-state index contributed by atoms with van der Waals surface area (Å²) >= 11 is 4.41. The zero-order valence-corrected chi connectivity index (χ0v) is 11.3. The van der Waals surface area contributed by atoms with E-state index in [1.165, 1.54) is 7.11 Å². The van der Waals surface area contributed by atoms with Crippen LogP contribution in [0.2, 0.25) is 0 Å². The van der Waals surface area contributed by atoms with E-state index >= 15 is 0 Å². The molecule has 0 radical (unpaired) electrons. The smallest absolute Gasteiger partial charge is 0.347 e. The fourth-order valence-electron chi connectivity index (χ4n) is 1.52. The molecule has 1 aromatic heterocycles. The number of ether oxygens (including phenoxy) is 1. The molecule has 0 saturated carbocycles. The third kappa shape index (κ3) is 2.37. The van der Waals surface area contributed by atoms with Gasteiger partial charge in [-0.3, -0.25) is 4.98 Å². The predicted octanol–water partition coefficient (Wildman–Crippen LogP) is 2.99. The molecule has 2 unspecified atom stereocenters. The number of pyridine rings is 1. The van der Waals surface area contributed by atoms with Crippen molar-refractivity contribution in [1.29, 1.82) is 0 Å². The van der Waals surface area contributed by atoms with E-state index in [0.717, 1.165) is 17.3 Å². The number of hydrogen-bond donors (Lipinski definition) is 0. The van der Waals surface area contributed by atoms with Crippen molar-refractivity contribution in [2.45, 2.75) is 10.1 Å². The molecule has 1 aromatic rings. The number of rotatable bonds is 2. The summed E-state index contributed by atoms with van der Waals surface area (Å²) in [6.45, 7) is 0. The maximum Gasteiger partial charge on any atom is 0.347 e. The second-order valence-corrected chi connectivity index (χ2v) is 5.53. The number of esters is 1. The van der Waals surface area contributed by atoms with Crippen LogP contribution in [0, 0.1) is 0 Å². The van der Waals surface area contributed by atoms with Crippen LogP contribution in [0.5, 0.6) is 0 Å². The Bertz CT molecular complexity index is 466. The molecule has 2 rings (SSSR count). The fraction of sp³-hybridized carbons (Fsp3) is 0.273. The molecular formula is C11H9BrFNO2S. The van der Waals surface area contributed by atoms with Crippen LogP contribution in [-0.2, 0) is 9.53 Å². The van der Waals surface area contributed by atoms with Crippen molar-refractivity contribution in [3.63, 3.8) is 0 Å².